The molecule has 24 heavy (non-hydrogen) atoms. The molecule has 0 aliphatic rings. The van der Waals surface area contributed by atoms with Crippen LogP contribution in [0.25, 0.3) is 17.0 Å². The third-order valence-electron chi connectivity index (χ3n) is 3.82. The number of rotatable bonds is 4. The summed E-state index contributed by atoms with van der Waals surface area (Å²) in [5, 5.41) is 0.930. The molecule has 120 valence electrons. The molecule has 0 spiro atoms. The van der Waals surface area contributed by atoms with Crippen LogP contribution in [0.2, 0.25) is 0 Å². The van der Waals surface area contributed by atoms with Gasteiger partial charge in [-0.15, -0.1) is 0 Å². The minimum atomic E-state index is -0.226. The minimum Gasteiger partial charge on any atom is -0.496 e. The number of aryl methyl sites for hydroxylation is 1. The minimum absolute atomic E-state index is 0.212. The number of aromatic amines is 1. The lowest BCUT2D eigenvalue weighted by Crippen LogP contribution is -2.09. The van der Waals surface area contributed by atoms with Gasteiger partial charge in [-0.25, -0.2) is 0 Å². The summed E-state index contributed by atoms with van der Waals surface area (Å²) in [5.74, 6) is 0.298. The molecule has 3 aromatic rings. The number of H-pyrrole nitrogens is 1. The molecule has 3 rings (SSSR count). The quantitative estimate of drug-likeness (QED) is 0.588. The number of ether oxygens (including phenoxy) is 1. The second kappa shape index (κ2) is 6.54. The van der Waals surface area contributed by atoms with E-state index < -0.39 is 0 Å². The number of para-hydroxylation sites is 1. The van der Waals surface area contributed by atoms with Crippen LogP contribution in [0.4, 0.5) is 0 Å². The van der Waals surface area contributed by atoms with Crippen molar-refractivity contribution in [2.45, 2.75) is 6.92 Å². The van der Waals surface area contributed by atoms with Crippen molar-refractivity contribution in [1.29, 1.82) is 0 Å². The Labute approximate surface area is 139 Å². The molecule has 4 nitrogen and oxygen atoms in total. The van der Waals surface area contributed by atoms with E-state index in [-0.39, 0.29) is 11.3 Å². The Morgan fingerprint density at radius 1 is 1.12 bits per heavy atom. The Balaban J connectivity index is 1.96. The van der Waals surface area contributed by atoms with Gasteiger partial charge < -0.3 is 9.72 Å². The number of carbonyl (C=O) groups is 1. The average Bonchev–Trinajstić information content (AvgIpc) is 2.60. The van der Waals surface area contributed by atoms with Crippen molar-refractivity contribution < 1.29 is 9.53 Å². The van der Waals surface area contributed by atoms with E-state index in [4.69, 9.17) is 4.74 Å². The monoisotopic (exact) mass is 319 g/mol. The predicted molar refractivity (Wildman–Crippen MR) is 95.7 cm³/mol. The van der Waals surface area contributed by atoms with Crippen molar-refractivity contribution in [2.75, 3.05) is 7.11 Å². The third kappa shape index (κ3) is 3.13. The summed E-state index contributed by atoms with van der Waals surface area (Å²) in [6.45, 7) is 1.99. The molecule has 0 saturated carbocycles. The zero-order chi connectivity index (χ0) is 17.1. The number of hydrogen-bond donors (Lipinski definition) is 1. The van der Waals surface area contributed by atoms with Crippen LogP contribution in [0.3, 0.4) is 0 Å². The zero-order valence-corrected chi connectivity index (χ0v) is 13.5. The molecule has 0 fully saturated rings. The van der Waals surface area contributed by atoms with Crippen molar-refractivity contribution >= 4 is 22.8 Å². The van der Waals surface area contributed by atoms with Gasteiger partial charge in [0.2, 0.25) is 0 Å². The highest BCUT2D eigenvalue weighted by Gasteiger charge is 2.08. The van der Waals surface area contributed by atoms with Gasteiger partial charge in [-0.05, 0) is 54.8 Å². The number of ketones is 1. The van der Waals surface area contributed by atoms with Gasteiger partial charge in [0.05, 0.1) is 12.7 Å². The van der Waals surface area contributed by atoms with Crippen LogP contribution in [-0.4, -0.2) is 17.9 Å². The topological polar surface area (TPSA) is 59.2 Å². The van der Waals surface area contributed by atoms with Crippen LogP contribution in [0.5, 0.6) is 5.75 Å². The fourth-order valence-corrected chi connectivity index (χ4v) is 2.57. The third-order valence-corrected chi connectivity index (χ3v) is 3.82. The van der Waals surface area contributed by atoms with Crippen molar-refractivity contribution in [3.8, 4) is 5.75 Å². The maximum atomic E-state index is 12.3. The lowest BCUT2D eigenvalue weighted by atomic mass is 10.1. The average molecular weight is 319 g/mol. The van der Waals surface area contributed by atoms with Gasteiger partial charge in [0.15, 0.2) is 5.78 Å². The molecule has 1 aromatic heterocycles. The first-order chi connectivity index (χ1) is 11.6. The number of allylic oxidation sites excluding steroid dienone is 1. The molecule has 1 N–H and O–H groups in total. The number of methoxy groups -OCH3 is 1. The van der Waals surface area contributed by atoms with E-state index in [1.54, 1.807) is 30.3 Å². The lowest BCUT2D eigenvalue weighted by Gasteiger charge is -2.04. The number of nitrogens with one attached hydrogen (secondary N) is 1. The van der Waals surface area contributed by atoms with Gasteiger partial charge in [-0.3, -0.25) is 9.59 Å². The maximum absolute atomic E-state index is 12.3. The van der Waals surface area contributed by atoms with Gasteiger partial charge in [0.1, 0.15) is 5.75 Å². The second-order valence-electron chi connectivity index (χ2n) is 5.54. The Morgan fingerprint density at radius 3 is 2.71 bits per heavy atom. The molecule has 0 saturated heterocycles. The fourth-order valence-electron chi connectivity index (χ4n) is 2.57. The highest BCUT2D eigenvalue weighted by molar-refractivity contribution is 6.08. The smallest absolute Gasteiger partial charge is 0.255 e. The van der Waals surface area contributed by atoms with E-state index >= 15 is 0 Å². The number of hydrogen-bond acceptors (Lipinski definition) is 3. The van der Waals surface area contributed by atoms with E-state index in [1.165, 1.54) is 19.3 Å². The summed E-state index contributed by atoms with van der Waals surface area (Å²) in [4.78, 5) is 27.3. The van der Waals surface area contributed by atoms with Gasteiger partial charge in [-0.1, -0.05) is 23.8 Å². The van der Waals surface area contributed by atoms with E-state index in [0.29, 0.717) is 16.9 Å². The van der Waals surface area contributed by atoms with Gasteiger partial charge >= 0.3 is 0 Å². The summed E-state index contributed by atoms with van der Waals surface area (Å²) >= 11 is 0. The summed E-state index contributed by atoms with van der Waals surface area (Å²) in [6, 6.07) is 14.6. The SMILES string of the molecule is COc1ccccc1C(=O)C=Cc1cc2cc(C)ccc2[nH]c1=O. The van der Waals surface area contributed by atoms with Crippen molar-refractivity contribution in [1.82, 2.24) is 4.98 Å². The van der Waals surface area contributed by atoms with E-state index in [2.05, 4.69) is 4.98 Å². The molecule has 2 aromatic carbocycles. The summed E-state index contributed by atoms with van der Waals surface area (Å²) in [7, 11) is 1.52. The summed E-state index contributed by atoms with van der Waals surface area (Å²) in [6.07, 6.45) is 2.93. The molecule has 0 unspecified atom stereocenters. The van der Waals surface area contributed by atoms with Gasteiger partial charge in [0, 0.05) is 11.1 Å². The van der Waals surface area contributed by atoms with E-state index in [0.717, 1.165) is 16.5 Å². The molecule has 1 heterocycles. The van der Waals surface area contributed by atoms with Gasteiger partial charge in [0.25, 0.3) is 5.56 Å². The van der Waals surface area contributed by atoms with Crippen molar-refractivity contribution in [3.05, 3.63) is 81.7 Å². The molecular weight excluding hydrogens is 302 g/mol. The Morgan fingerprint density at radius 2 is 1.92 bits per heavy atom. The van der Waals surface area contributed by atoms with Crippen LogP contribution in [0.1, 0.15) is 21.5 Å². The second-order valence-corrected chi connectivity index (χ2v) is 5.54. The molecule has 0 aliphatic heterocycles. The van der Waals surface area contributed by atoms with E-state index in [9.17, 15) is 9.59 Å². The van der Waals surface area contributed by atoms with Crippen LogP contribution in [0, 0.1) is 6.92 Å². The largest absolute Gasteiger partial charge is 0.496 e. The Kier molecular flexibility index (Phi) is 4.29. The Bertz CT molecular complexity index is 999. The molecule has 0 atom stereocenters. The van der Waals surface area contributed by atoms with Crippen LogP contribution in [0.15, 0.2) is 59.4 Å². The highest BCUT2D eigenvalue weighted by Crippen LogP contribution is 2.19. The van der Waals surface area contributed by atoms with Crippen LogP contribution >= 0.6 is 0 Å². The molecular formula is C20H17NO3. The molecule has 4 heteroatoms. The standard InChI is InChI=1S/C20H17NO3/c1-13-7-9-17-15(11-13)12-14(20(23)21-17)8-10-18(22)16-5-3-4-6-19(16)24-2/h3-12H,1-2H3,(H,21,23). The molecule has 0 amide bonds. The number of aromatic nitrogens is 1. The molecule has 0 radical (unpaired) electrons. The number of fused-ring (bicyclic) bond motifs is 1. The Hall–Kier alpha value is -3.14. The van der Waals surface area contributed by atoms with Crippen LogP contribution < -0.4 is 10.3 Å². The highest BCUT2D eigenvalue weighted by atomic mass is 16.5. The number of benzene rings is 2. The predicted octanol–water partition coefficient (Wildman–Crippen LogP) is 3.74. The first-order valence-corrected chi connectivity index (χ1v) is 7.57. The van der Waals surface area contributed by atoms with Crippen molar-refractivity contribution in [2.24, 2.45) is 0 Å². The maximum Gasteiger partial charge on any atom is 0.255 e. The molecule has 0 bridgehead atoms. The molecule has 0 aliphatic carbocycles. The fraction of sp³-hybridized carbons (Fsp3) is 0.100. The summed E-state index contributed by atoms with van der Waals surface area (Å²) < 4.78 is 5.19. The first-order valence-electron chi connectivity index (χ1n) is 7.57. The first kappa shape index (κ1) is 15.7. The lowest BCUT2D eigenvalue weighted by molar-refractivity contribution is 0.104. The van der Waals surface area contributed by atoms with E-state index in [1.807, 2.05) is 25.1 Å². The number of carbonyl (C=O) groups excluding carboxylic acids is 1. The normalized spacial score (nSPS) is 11.1. The summed E-state index contributed by atoms with van der Waals surface area (Å²) in [5.41, 5.74) is 2.56. The van der Waals surface area contributed by atoms with Gasteiger partial charge in [-0.2, -0.15) is 0 Å². The number of pyridine rings is 1. The van der Waals surface area contributed by atoms with Crippen LogP contribution in [-0.2, 0) is 0 Å². The zero-order valence-electron chi connectivity index (χ0n) is 13.5. The van der Waals surface area contributed by atoms with Crippen molar-refractivity contribution in [3.63, 3.8) is 0 Å².